The molecule has 0 aliphatic carbocycles. The van der Waals surface area contributed by atoms with Crippen LogP contribution < -0.4 is 5.73 Å². The summed E-state index contributed by atoms with van der Waals surface area (Å²) in [5, 5.41) is 0. The number of allylic oxidation sites excluding steroid dienone is 1. The number of carbonyl (C=O) groups is 2. The topological polar surface area (TPSA) is 106 Å². The van der Waals surface area contributed by atoms with E-state index in [9.17, 15) is 9.59 Å². The summed E-state index contributed by atoms with van der Waals surface area (Å²) in [5.74, 6) is -0.976. The average Bonchev–Trinajstić information content (AvgIpc) is 2.86. The molecule has 2 aromatic rings. The summed E-state index contributed by atoms with van der Waals surface area (Å²) in [6.07, 6.45) is -1.26. The molecular formula is C27H33NO7. The van der Waals surface area contributed by atoms with Crippen molar-refractivity contribution in [2.75, 3.05) is 6.61 Å². The van der Waals surface area contributed by atoms with E-state index < -0.39 is 42.6 Å². The molecule has 0 amide bonds. The Kier molecular flexibility index (Phi) is 10.4. The van der Waals surface area contributed by atoms with E-state index in [0.29, 0.717) is 13.0 Å². The first-order valence-corrected chi connectivity index (χ1v) is 11.6. The van der Waals surface area contributed by atoms with Crippen molar-refractivity contribution in [2.24, 2.45) is 5.73 Å². The molecule has 0 aromatic heterocycles. The first kappa shape index (κ1) is 26.6. The largest absolute Gasteiger partial charge is 0.457 e. The highest BCUT2D eigenvalue weighted by atomic mass is 16.7. The number of rotatable bonds is 12. The Morgan fingerprint density at radius 3 is 2.20 bits per heavy atom. The SMILES string of the molecule is C=CCCC(=O)O[C@@H]1O[C@H](COCc2ccccc2)[C@@H](OC(C)=O)[C@H](OCc2ccccc2)[C@H]1N. The molecule has 0 saturated carbocycles. The van der Waals surface area contributed by atoms with E-state index in [4.69, 9.17) is 29.4 Å². The number of benzene rings is 2. The summed E-state index contributed by atoms with van der Waals surface area (Å²) in [4.78, 5) is 24.3. The van der Waals surface area contributed by atoms with Crippen LogP contribution in [0.1, 0.15) is 30.9 Å². The minimum absolute atomic E-state index is 0.0749. The molecule has 2 N–H and O–H groups in total. The third kappa shape index (κ3) is 8.29. The monoisotopic (exact) mass is 483 g/mol. The molecule has 188 valence electrons. The van der Waals surface area contributed by atoms with Crippen LogP contribution in [0.5, 0.6) is 0 Å². The second-order valence-electron chi connectivity index (χ2n) is 8.27. The predicted octanol–water partition coefficient (Wildman–Crippen LogP) is 3.28. The summed E-state index contributed by atoms with van der Waals surface area (Å²) in [7, 11) is 0. The first-order valence-electron chi connectivity index (χ1n) is 11.6. The quantitative estimate of drug-likeness (QED) is 0.362. The van der Waals surface area contributed by atoms with Crippen molar-refractivity contribution >= 4 is 11.9 Å². The number of hydrogen-bond donors (Lipinski definition) is 1. The molecule has 8 heteroatoms. The van der Waals surface area contributed by atoms with Crippen LogP contribution in [0.4, 0.5) is 0 Å². The highest BCUT2D eigenvalue weighted by molar-refractivity contribution is 5.69. The Labute approximate surface area is 205 Å². The van der Waals surface area contributed by atoms with Gasteiger partial charge in [0, 0.05) is 13.3 Å². The van der Waals surface area contributed by atoms with Gasteiger partial charge in [-0.15, -0.1) is 6.58 Å². The highest BCUT2D eigenvalue weighted by Crippen LogP contribution is 2.28. The lowest BCUT2D eigenvalue weighted by Gasteiger charge is -2.43. The molecule has 5 atom stereocenters. The maximum Gasteiger partial charge on any atom is 0.308 e. The predicted molar refractivity (Wildman–Crippen MR) is 129 cm³/mol. The van der Waals surface area contributed by atoms with E-state index in [2.05, 4.69) is 6.58 Å². The van der Waals surface area contributed by atoms with Gasteiger partial charge >= 0.3 is 11.9 Å². The van der Waals surface area contributed by atoms with Crippen LogP contribution in [0.25, 0.3) is 0 Å². The Morgan fingerprint density at radius 2 is 1.60 bits per heavy atom. The Morgan fingerprint density at radius 1 is 0.971 bits per heavy atom. The van der Waals surface area contributed by atoms with Gasteiger partial charge in [-0.1, -0.05) is 66.7 Å². The molecule has 0 bridgehead atoms. The second-order valence-corrected chi connectivity index (χ2v) is 8.27. The van der Waals surface area contributed by atoms with Gasteiger partial charge in [0.15, 0.2) is 6.10 Å². The number of carbonyl (C=O) groups excluding carboxylic acids is 2. The minimum atomic E-state index is -1.09. The molecule has 8 nitrogen and oxygen atoms in total. The van der Waals surface area contributed by atoms with E-state index in [0.717, 1.165) is 11.1 Å². The van der Waals surface area contributed by atoms with Crippen molar-refractivity contribution < 1.29 is 33.3 Å². The van der Waals surface area contributed by atoms with Gasteiger partial charge in [0.25, 0.3) is 0 Å². The molecule has 0 unspecified atom stereocenters. The molecule has 2 aromatic carbocycles. The zero-order valence-corrected chi connectivity index (χ0v) is 19.9. The second kappa shape index (κ2) is 13.7. The van der Waals surface area contributed by atoms with E-state index in [-0.39, 0.29) is 19.6 Å². The molecule has 1 aliphatic rings. The molecule has 0 spiro atoms. The molecular weight excluding hydrogens is 450 g/mol. The van der Waals surface area contributed by atoms with Crippen molar-refractivity contribution in [3.05, 3.63) is 84.4 Å². The standard InChI is InChI=1S/C27H33NO7/c1-3-4-15-23(30)35-27-24(28)26(32-17-21-13-9-6-10-14-21)25(33-19(2)29)22(34-27)18-31-16-20-11-7-5-8-12-20/h3,5-14,22,24-27H,1,4,15-18,28H2,2H3/t22-,24-,25-,26-,27+/m1/s1. The van der Waals surface area contributed by atoms with Crippen molar-refractivity contribution in [3.8, 4) is 0 Å². The Bertz CT molecular complexity index is 937. The van der Waals surface area contributed by atoms with Gasteiger partial charge in [-0.25, -0.2) is 0 Å². The van der Waals surface area contributed by atoms with Crippen molar-refractivity contribution in [2.45, 2.75) is 63.6 Å². The van der Waals surface area contributed by atoms with Crippen LogP contribution >= 0.6 is 0 Å². The highest BCUT2D eigenvalue weighted by Gasteiger charge is 2.48. The van der Waals surface area contributed by atoms with E-state index in [1.54, 1.807) is 6.08 Å². The van der Waals surface area contributed by atoms with Gasteiger partial charge in [0.1, 0.15) is 12.2 Å². The molecule has 1 aliphatic heterocycles. The number of nitrogens with two attached hydrogens (primary N) is 1. The Hall–Kier alpha value is -3.04. The third-order valence-electron chi connectivity index (χ3n) is 5.47. The van der Waals surface area contributed by atoms with Crippen LogP contribution in [0, 0.1) is 0 Å². The minimum Gasteiger partial charge on any atom is -0.457 e. The number of hydrogen-bond acceptors (Lipinski definition) is 8. The maximum absolute atomic E-state index is 12.3. The van der Waals surface area contributed by atoms with Crippen LogP contribution in [0.15, 0.2) is 73.3 Å². The summed E-state index contributed by atoms with van der Waals surface area (Å²) in [5.41, 5.74) is 8.33. The van der Waals surface area contributed by atoms with Crippen molar-refractivity contribution in [1.29, 1.82) is 0 Å². The molecule has 0 radical (unpaired) electrons. The lowest BCUT2D eigenvalue weighted by atomic mass is 9.97. The summed E-state index contributed by atoms with van der Waals surface area (Å²) < 4.78 is 29.1. The van der Waals surface area contributed by atoms with Gasteiger partial charge in [0.05, 0.1) is 25.9 Å². The smallest absolute Gasteiger partial charge is 0.308 e. The lowest BCUT2D eigenvalue weighted by Crippen LogP contribution is -2.64. The fourth-order valence-corrected chi connectivity index (χ4v) is 3.75. The summed E-state index contributed by atoms with van der Waals surface area (Å²) >= 11 is 0. The van der Waals surface area contributed by atoms with Crippen molar-refractivity contribution in [3.63, 3.8) is 0 Å². The summed E-state index contributed by atoms with van der Waals surface area (Å²) in [6, 6.07) is 18.3. The van der Waals surface area contributed by atoms with Gasteiger partial charge in [-0.05, 0) is 17.5 Å². The zero-order chi connectivity index (χ0) is 25.0. The maximum atomic E-state index is 12.3. The summed E-state index contributed by atoms with van der Waals surface area (Å²) in [6.45, 7) is 5.56. The fourth-order valence-electron chi connectivity index (χ4n) is 3.75. The third-order valence-corrected chi connectivity index (χ3v) is 5.47. The van der Waals surface area contributed by atoms with Crippen molar-refractivity contribution in [1.82, 2.24) is 0 Å². The lowest BCUT2D eigenvalue weighted by molar-refractivity contribution is -0.274. The van der Waals surface area contributed by atoms with Crippen LogP contribution in [0.2, 0.25) is 0 Å². The van der Waals surface area contributed by atoms with Gasteiger partial charge in [0.2, 0.25) is 6.29 Å². The molecule has 1 heterocycles. The normalized spacial score (nSPS) is 23.9. The fraction of sp³-hybridized carbons (Fsp3) is 0.407. The van der Waals surface area contributed by atoms with Gasteiger partial charge in [-0.2, -0.15) is 0 Å². The average molecular weight is 484 g/mol. The molecule has 3 rings (SSSR count). The van der Waals surface area contributed by atoms with Crippen LogP contribution in [0.3, 0.4) is 0 Å². The van der Waals surface area contributed by atoms with Gasteiger partial charge in [-0.3, -0.25) is 9.59 Å². The van der Waals surface area contributed by atoms with Crippen LogP contribution in [-0.4, -0.2) is 49.2 Å². The van der Waals surface area contributed by atoms with Gasteiger partial charge < -0.3 is 29.4 Å². The Balaban J connectivity index is 1.76. The molecule has 1 fully saturated rings. The number of ether oxygens (including phenoxy) is 5. The first-order chi connectivity index (χ1) is 17.0. The van der Waals surface area contributed by atoms with E-state index in [1.165, 1.54) is 6.92 Å². The number of esters is 2. The molecule has 35 heavy (non-hydrogen) atoms. The zero-order valence-electron chi connectivity index (χ0n) is 19.9. The van der Waals surface area contributed by atoms with Crippen LogP contribution in [-0.2, 0) is 46.5 Å². The molecule has 1 saturated heterocycles. The van der Waals surface area contributed by atoms with E-state index >= 15 is 0 Å². The van der Waals surface area contributed by atoms with E-state index in [1.807, 2.05) is 60.7 Å².